The Kier molecular flexibility index (Phi) is 2.67. The average Bonchev–Trinajstić information content (AvgIpc) is 2.81. The van der Waals surface area contributed by atoms with Crippen LogP contribution >= 0.6 is 0 Å². The molecule has 0 N–H and O–H groups in total. The molecule has 2 aromatic rings. The predicted molar refractivity (Wildman–Crippen MR) is 57.3 cm³/mol. The summed E-state index contributed by atoms with van der Waals surface area (Å²) in [5.74, 6) is 0.844. The summed E-state index contributed by atoms with van der Waals surface area (Å²) in [5.41, 5.74) is 2.04. The van der Waals surface area contributed by atoms with Gasteiger partial charge >= 0.3 is 0 Å². The van der Waals surface area contributed by atoms with Gasteiger partial charge in [-0.1, -0.05) is 19.1 Å². The molecule has 4 nitrogen and oxygen atoms in total. The molecule has 0 saturated carbocycles. The molecule has 0 fully saturated rings. The lowest BCUT2D eigenvalue weighted by Gasteiger charge is -2.11. The fraction of sp³-hybridized carbons (Fsp3) is 0.273. The van der Waals surface area contributed by atoms with Crippen LogP contribution in [-0.2, 0) is 6.42 Å². The summed E-state index contributed by atoms with van der Waals surface area (Å²) in [6, 6.07) is 5.98. The Balaban J connectivity index is 2.56. The Morgan fingerprint density at radius 3 is 2.60 bits per heavy atom. The van der Waals surface area contributed by atoms with Crippen molar-refractivity contribution >= 4 is 0 Å². The quantitative estimate of drug-likeness (QED) is 0.764. The van der Waals surface area contributed by atoms with Gasteiger partial charge in [0.2, 0.25) is 0 Å². The molecule has 0 aliphatic carbocycles. The van der Waals surface area contributed by atoms with Crippen molar-refractivity contribution < 1.29 is 4.74 Å². The third kappa shape index (κ3) is 1.70. The van der Waals surface area contributed by atoms with E-state index in [1.807, 2.05) is 18.2 Å². The minimum absolute atomic E-state index is 0.844. The molecule has 0 saturated heterocycles. The summed E-state index contributed by atoms with van der Waals surface area (Å²) >= 11 is 0. The molecule has 0 radical (unpaired) electrons. The van der Waals surface area contributed by atoms with Crippen LogP contribution in [0.4, 0.5) is 0 Å². The van der Waals surface area contributed by atoms with Crippen molar-refractivity contribution in [2.45, 2.75) is 13.3 Å². The highest BCUT2D eigenvalue weighted by atomic mass is 16.5. The molecule has 0 atom stereocenters. The molecule has 1 aromatic heterocycles. The molecule has 1 aromatic carbocycles. The maximum Gasteiger partial charge on any atom is 0.149 e. The van der Waals surface area contributed by atoms with Gasteiger partial charge in [-0.25, -0.2) is 0 Å². The maximum absolute atomic E-state index is 5.39. The van der Waals surface area contributed by atoms with Gasteiger partial charge in [0.05, 0.1) is 19.5 Å². The monoisotopic (exact) mass is 203 g/mol. The molecular formula is C11H13N3O. The van der Waals surface area contributed by atoms with Gasteiger partial charge in [-0.3, -0.25) is 0 Å². The van der Waals surface area contributed by atoms with Crippen LogP contribution in [0.15, 0.2) is 30.6 Å². The second-order valence-electron chi connectivity index (χ2n) is 3.14. The van der Waals surface area contributed by atoms with Gasteiger partial charge in [0.25, 0.3) is 0 Å². The van der Waals surface area contributed by atoms with Crippen LogP contribution in [0.2, 0.25) is 0 Å². The van der Waals surface area contributed by atoms with Crippen LogP contribution in [0, 0.1) is 0 Å². The number of rotatable bonds is 3. The number of para-hydroxylation sites is 1. The van der Waals surface area contributed by atoms with Crippen LogP contribution in [0.3, 0.4) is 0 Å². The minimum atomic E-state index is 0.844. The third-order valence-electron chi connectivity index (χ3n) is 2.30. The number of methoxy groups -OCH3 is 1. The first-order chi connectivity index (χ1) is 7.36. The molecule has 0 aliphatic rings. The van der Waals surface area contributed by atoms with Gasteiger partial charge in [0.15, 0.2) is 0 Å². The lowest BCUT2D eigenvalue weighted by molar-refractivity contribution is 0.405. The van der Waals surface area contributed by atoms with E-state index in [1.54, 1.807) is 24.3 Å². The zero-order valence-corrected chi connectivity index (χ0v) is 8.84. The number of ether oxygens (including phenoxy) is 1. The molecule has 0 unspecified atom stereocenters. The first-order valence-corrected chi connectivity index (χ1v) is 4.89. The van der Waals surface area contributed by atoms with Crippen molar-refractivity contribution in [2.24, 2.45) is 0 Å². The van der Waals surface area contributed by atoms with Crippen LogP contribution < -0.4 is 4.74 Å². The van der Waals surface area contributed by atoms with Crippen molar-refractivity contribution in [3.8, 4) is 11.4 Å². The van der Waals surface area contributed by atoms with E-state index in [1.165, 1.54) is 0 Å². The second-order valence-corrected chi connectivity index (χ2v) is 3.14. The van der Waals surface area contributed by atoms with E-state index < -0.39 is 0 Å². The van der Waals surface area contributed by atoms with E-state index in [9.17, 15) is 0 Å². The smallest absolute Gasteiger partial charge is 0.149 e. The average molecular weight is 203 g/mol. The Bertz CT molecular complexity index is 437. The minimum Gasteiger partial charge on any atom is -0.494 e. The van der Waals surface area contributed by atoms with Crippen molar-refractivity contribution in [3.05, 3.63) is 36.2 Å². The first-order valence-electron chi connectivity index (χ1n) is 4.89. The fourth-order valence-corrected chi connectivity index (χ4v) is 1.58. The number of benzene rings is 1. The van der Waals surface area contributed by atoms with Gasteiger partial charge in [-0.15, -0.1) is 4.80 Å². The van der Waals surface area contributed by atoms with Crippen LogP contribution in [0.5, 0.6) is 5.75 Å². The number of nitrogens with zero attached hydrogens (tertiary/aromatic N) is 3. The second kappa shape index (κ2) is 4.13. The molecule has 78 valence electrons. The zero-order chi connectivity index (χ0) is 10.7. The Labute approximate surface area is 88.5 Å². The third-order valence-corrected chi connectivity index (χ3v) is 2.30. The summed E-state index contributed by atoms with van der Waals surface area (Å²) in [7, 11) is 1.67. The van der Waals surface area contributed by atoms with Crippen LogP contribution in [-0.4, -0.2) is 22.1 Å². The van der Waals surface area contributed by atoms with Crippen molar-refractivity contribution in [3.63, 3.8) is 0 Å². The maximum atomic E-state index is 5.39. The topological polar surface area (TPSA) is 39.9 Å². The van der Waals surface area contributed by atoms with Gasteiger partial charge < -0.3 is 4.74 Å². The van der Waals surface area contributed by atoms with E-state index in [2.05, 4.69) is 17.1 Å². The number of hydrogen-bond donors (Lipinski definition) is 0. The Morgan fingerprint density at radius 1 is 1.27 bits per heavy atom. The molecule has 4 heteroatoms. The van der Waals surface area contributed by atoms with Gasteiger partial charge in [-0.2, -0.15) is 10.2 Å². The molecule has 0 bridgehead atoms. The number of hydrogen-bond acceptors (Lipinski definition) is 3. The molecule has 1 heterocycles. The number of aryl methyl sites for hydroxylation is 1. The summed E-state index contributed by atoms with van der Waals surface area (Å²) in [5, 5.41) is 8.19. The normalized spacial score (nSPS) is 10.3. The van der Waals surface area contributed by atoms with Crippen LogP contribution in [0.1, 0.15) is 12.5 Å². The lowest BCUT2D eigenvalue weighted by atomic mass is 10.1. The highest BCUT2D eigenvalue weighted by Crippen LogP contribution is 2.26. The van der Waals surface area contributed by atoms with Gasteiger partial charge in [0.1, 0.15) is 11.4 Å². The highest BCUT2D eigenvalue weighted by molar-refractivity contribution is 5.50. The molecule has 2 rings (SSSR count). The fourth-order valence-electron chi connectivity index (χ4n) is 1.58. The van der Waals surface area contributed by atoms with E-state index in [-0.39, 0.29) is 0 Å². The highest BCUT2D eigenvalue weighted by Gasteiger charge is 2.09. The summed E-state index contributed by atoms with van der Waals surface area (Å²) in [4.78, 5) is 1.57. The van der Waals surface area contributed by atoms with Crippen molar-refractivity contribution in [1.29, 1.82) is 0 Å². The first kappa shape index (κ1) is 9.71. The van der Waals surface area contributed by atoms with E-state index in [0.717, 1.165) is 23.4 Å². The standard InChI is InChI=1S/C11H13N3O/c1-3-9-5-4-6-10(11(9)15-2)14-12-7-8-13-14/h4-8H,3H2,1-2H3. The molecule has 0 amide bonds. The van der Waals surface area contributed by atoms with E-state index >= 15 is 0 Å². The SMILES string of the molecule is CCc1cccc(-n2nccn2)c1OC. The predicted octanol–water partition coefficient (Wildman–Crippen LogP) is 1.84. The summed E-state index contributed by atoms with van der Waals surface area (Å²) in [6.07, 6.45) is 4.23. The summed E-state index contributed by atoms with van der Waals surface area (Å²) < 4.78 is 5.39. The Hall–Kier alpha value is -1.84. The van der Waals surface area contributed by atoms with Gasteiger partial charge in [0, 0.05) is 0 Å². The van der Waals surface area contributed by atoms with Gasteiger partial charge in [-0.05, 0) is 18.1 Å². The Morgan fingerprint density at radius 2 is 2.00 bits per heavy atom. The van der Waals surface area contributed by atoms with E-state index in [4.69, 9.17) is 4.74 Å². The van der Waals surface area contributed by atoms with Crippen molar-refractivity contribution in [2.75, 3.05) is 7.11 Å². The summed E-state index contributed by atoms with van der Waals surface area (Å²) in [6.45, 7) is 2.10. The lowest BCUT2D eigenvalue weighted by Crippen LogP contribution is -2.03. The molecular weight excluding hydrogens is 190 g/mol. The molecule has 15 heavy (non-hydrogen) atoms. The number of aromatic nitrogens is 3. The molecule has 0 spiro atoms. The largest absolute Gasteiger partial charge is 0.494 e. The van der Waals surface area contributed by atoms with Crippen LogP contribution in [0.25, 0.3) is 5.69 Å². The molecule has 0 aliphatic heterocycles. The zero-order valence-electron chi connectivity index (χ0n) is 8.84. The van der Waals surface area contributed by atoms with E-state index in [0.29, 0.717) is 0 Å². The van der Waals surface area contributed by atoms with Crippen molar-refractivity contribution in [1.82, 2.24) is 15.0 Å².